The molecule has 1 aliphatic rings. The number of amides is 1. The molecule has 3 rings (SSSR count). The molecule has 1 aromatic carbocycles. The molecule has 152 valence electrons. The van der Waals surface area contributed by atoms with Crippen molar-refractivity contribution in [3.63, 3.8) is 0 Å². The molecule has 2 heterocycles. The Hall–Kier alpha value is -2.32. The lowest BCUT2D eigenvalue weighted by atomic mass is 9.96. The van der Waals surface area contributed by atoms with Crippen molar-refractivity contribution in [1.29, 1.82) is 0 Å². The van der Waals surface area contributed by atoms with E-state index in [1.807, 2.05) is 31.1 Å². The number of aromatic amines is 1. The second kappa shape index (κ2) is 9.75. The van der Waals surface area contributed by atoms with Crippen LogP contribution in [0.1, 0.15) is 29.0 Å². The van der Waals surface area contributed by atoms with Gasteiger partial charge in [0.2, 0.25) is 5.82 Å². The van der Waals surface area contributed by atoms with Crippen molar-refractivity contribution in [3.05, 3.63) is 47.8 Å². The molecule has 1 atom stereocenters. The van der Waals surface area contributed by atoms with Gasteiger partial charge in [0.25, 0.3) is 5.91 Å². The maximum absolute atomic E-state index is 14.0. The van der Waals surface area contributed by atoms with E-state index >= 15 is 0 Å². The summed E-state index contributed by atoms with van der Waals surface area (Å²) in [6, 6.07) is 6.94. The van der Waals surface area contributed by atoms with Gasteiger partial charge in [0, 0.05) is 38.3 Å². The van der Waals surface area contributed by atoms with Crippen molar-refractivity contribution in [2.24, 2.45) is 5.92 Å². The fraction of sp³-hybridized carbons (Fsp3) is 0.550. The second-order valence-electron chi connectivity index (χ2n) is 7.72. The van der Waals surface area contributed by atoms with E-state index in [0.717, 1.165) is 38.0 Å². The van der Waals surface area contributed by atoms with Crippen LogP contribution in [0.2, 0.25) is 0 Å². The molecule has 1 aromatic heterocycles. The van der Waals surface area contributed by atoms with Gasteiger partial charge in [-0.1, -0.05) is 18.2 Å². The van der Waals surface area contributed by atoms with Crippen molar-refractivity contribution < 1.29 is 9.18 Å². The summed E-state index contributed by atoms with van der Waals surface area (Å²) in [5, 5.41) is 6.47. The lowest BCUT2D eigenvalue weighted by molar-refractivity contribution is 0.0649. The summed E-state index contributed by atoms with van der Waals surface area (Å²) in [7, 11) is 3.99. The predicted octanol–water partition coefficient (Wildman–Crippen LogP) is 1.86. The number of carbonyl (C=O) groups is 1. The molecule has 0 aliphatic carbocycles. The molecule has 7 nitrogen and oxygen atoms in total. The molecule has 28 heavy (non-hydrogen) atoms. The molecule has 1 N–H and O–H groups in total. The van der Waals surface area contributed by atoms with Gasteiger partial charge in [-0.15, -0.1) is 0 Å². The van der Waals surface area contributed by atoms with Gasteiger partial charge in [0.15, 0.2) is 0 Å². The first-order chi connectivity index (χ1) is 13.5. The Morgan fingerprint density at radius 3 is 2.86 bits per heavy atom. The Morgan fingerprint density at radius 2 is 2.14 bits per heavy atom. The zero-order valence-corrected chi connectivity index (χ0v) is 16.6. The largest absolute Gasteiger partial charge is 0.334 e. The van der Waals surface area contributed by atoms with Crippen LogP contribution >= 0.6 is 0 Å². The fourth-order valence-corrected chi connectivity index (χ4v) is 3.68. The molecular weight excluding hydrogens is 359 g/mol. The smallest absolute Gasteiger partial charge is 0.291 e. The number of likely N-dealkylation sites (tertiary alicyclic amines) is 1. The van der Waals surface area contributed by atoms with Crippen molar-refractivity contribution in [2.75, 3.05) is 46.8 Å². The third kappa shape index (κ3) is 5.59. The van der Waals surface area contributed by atoms with Gasteiger partial charge in [0.05, 0.1) is 0 Å². The van der Waals surface area contributed by atoms with E-state index < -0.39 is 0 Å². The van der Waals surface area contributed by atoms with E-state index in [1.165, 1.54) is 12.4 Å². The van der Waals surface area contributed by atoms with Gasteiger partial charge in [-0.05, 0) is 45.5 Å². The second-order valence-corrected chi connectivity index (χ2v) is 7.72. The van der Waals surface area contributed by atoms with Crippen LogP contribution in [0.3, 0.4) is 0 Å². The van der Waals surface area contributed by atoms with Crippen molar-refractivity contribution in [2.45, 2.75) is 19.4 Å². The predicted molar refractivity (Wildman–Crippen MR) is 105 cm³/mol. The van der Waals surface area contributed by atoms with E-state index in [1.54, 1.807) is 6.07 Å². The van der Waals surface area contributed by atoms with Crippen LogP contribution in [0.15, 0.2) is 30.6 Å². The van der Waals surface area contributed by atoms with Gasteiger partial charge < -0.3 is 9.80 Å². The molecule has 8 heteroatoms. The maximum Gasteiger partial charge on any atom is 0.291 e. The molecule has 1 aliphatic heterocycles. The number of hydrogen-bond donors (Lipinski definition) is 1. The molecule has 0 saturated carbocycles. The van der Waals surface area contributed by atoms with Crippen LogP contribution < -0.4 is 0 Å². The molecule has 1 saturated heterocycles. The lowest BCUT2D eigenvalue weighted by Crippen LogP contribution is -2.45. The minimum absolute atomic E-state index is 0.120. The van der Waals surface area contributed by atoms with Crippen LogP contribution in [0.25, 0.3) is 0 Å². The zero-order chi connectivity index (χ0) is 19.9. The van der Waals surface area contributed by atoms with Gasteiger partial charge >= 0.3 is 0 Å². The zero-order valence-electron chi connectivity index (χ0n) is 16.6. The normalized spacial score (nSPS) is 17.8. The molecule has 0 unspecified atom stereocenters. The molecule has 0 radical (unpaired) electrons. The van der Waals surface area contributed by atoms with E-state index in [2.05, 4.69) is 25.0 Å². The number of rotatable bonds is 8. The van der Waals surface area contributed by atoms with Crippen molar-refractivity contribution >= 4 is 5.91 Å². The monoisotopic (exact) mass is 388 g/mol. The summed E-state index contributed by atoms with van der Waals surface area (Å²) in [6.45, 7) is 4.51. The minimum Gasteiger partial charge on any atom is -0.334 e. The summed E-state index contributed by atoms with van der Waals surface area (Å²) in [5.41, 5.74) is 0.727. The maximum atomic E-state index is 14.0. The minimum atomic E-state index is -0.155. The number of nitrogens with zero attached hydrogens (tertiary/aromatic N) is 5. The highest BCUT2D eigenvalue weighted by atomic mass is 19.1. The Morgan fingerprint density at radius 1 is 1.32 bits per heavy atom. The highest BCUT2D eigenvalue weighted by molar-refractivity contribution is 5.90. The average molecular weight is 388 g/mol. The molecule has 2 aromatic rings. The number of nitrogens with one attached hydrogen (secondary N) is 1. The first-order valence-electron chi connectivity index (χ1n) is 9.78. The van der Waals surface area contributed by atoms with Crippen molar-refractivity contribution in [3.8, 4) is 0 Å². The molecular formula is C20H29FN6O. The van der Waals surface area contributed by atoms with Crippen LogP contribution in [0.4, 0.5) is 4.39 Å². The van der Waals surface area contributed by atoms with Gasteiger partial charge in [-0.3, -0.25) is 14.8 Å². The molecule has 0 spiro atoms. The van der Waals surface area contributed by atoms with Crippen LogP contribution in [0.5, 0.6) is 0 Å². The quantitative estimate of drug-likeness (QED) is 0.748. The summed E-state index contributed by atoms with van der Waals surface area (Å²) in [5.74, 6) is 0.357. The van der Waals surface area contributed by atoms with Crippen LogP contribution in [0, 0.1) is 11.7 Å². The Balaban J connectivity index is 1.62. The Bertz CT molecular complexity index is 751. The van der Waals surface area contributed by atoms with Gasteiger partial charge in [-0.25, -0.2) is 9.37 Å². The van der Waals surface area contributed by atoms with Crippen LogP contribution in [-0.4, -0.2) is 82.6 Å². The fourth-order valence-electron chi connectivity index (χ4n) is 3.68. The molecule has 0 bridgehead atoms. The van der Waals surface area contributed by atoms with Crippen molar-refractivity contribution in [1.82, 2.24) is 29.9 Å². The van der Waals surface area contributed by atoms with Gasteiger partial charge in [0.1, 0.15) is 12.1 Å². The third-order valence-corrected chi connectivity index (χ3v) is 5.16. The number of aromatic nitrogens is 3. The third-order valence-electron chi connectivity index (χ3n) is 5.16. The van der Waals surface area contributed by atoms with E-state index in [4.69, 9.17) is 0 Å². The Labute approximate surface area is 165 Å². The van der Waals surface area contributed by atoms with Crippen LogP contribution in [-0.2, 0) is 6.54 Å². The number of carbonyl (C=O) groups excluding carboxylic acids is 1. The van der Waals surface area contributed by atoms with Gasteiger partial charge in [-0.2, -0.15) is 5.10 Å². The van der Waals surface area contributed by atoms with E-state index in [0.29, 0.717) is 25.6 Å². The number of likely N-dealkylation sites (N-methyl/N-ethyl adjacent to an activating group) is 1. The lowest BCUT2D eigenvalue weighted by Gasteiger charge is -2.36. The first kappa shape index (κ1) is 20.4. The molecule has 1 fully saturated rings. The topological polar surface area (TPSA) is 68.4 Å². The van der Waals surface area contributed by atoms with E-state index in [-0.39, 0.29) is 17.5 Å². The summed E-state index contributed by atoms with van der Waals surface area (Å²) >= 11 is 0. The Kier molecular flexibility index (Phi) is 7.11. The number of hydrogen-bond acceptors (Lipinski definition) is 5. The average Bonchev–Trinajstić information content (AvgIpc) is 3.21. The standard InChI is InChI=1S/C20H29FN6O/c1-25(2)10-11-27(20(28)19-22-15-23-24-19)13-16-6-5-9-26(12-16)14-17-7-3-4-8-18(17)21/h3-4,7-8,15-16H,5-6,9-14H2,1-2H3,(H,22,23,24)/t16-/m1/s1. The SMILES string of the molecule is CN(C)CCN(C[C@@H]1CCCN(Cc2ccccc2F)C1)C(=O)c1ncn[nH]1. The number of halogens is 1. The summed E-state index contributed by atoms with van der Waals surface area (Å²) in [4.78, 5) is 23.0. The number of H-pyrrole nitrogens is 1. The summed E-state index contributed by atoms with van der Waals surface area (Å²) < 4.78 is 14.0. The number of benzene rings is 1. The summed E-state index contributed by atoms with van der Waals surface area (Å²) in [6.07, 6.45) is 3.47. The highest BCUT2D eigenvalue weighted by Crippen LogP contribution is 2.21. The first-order valence-corrected chi connectivity index (χ1v) is 9.78. The highest BCUT2D eigenvalue weighted by Gasteiger charge is 2.26. The molecule has 1 amide bonds. The van der Waals surface area contributed by atoms with E-state index in [9.17, 15) is 9.18 Å². The number of piperidine rings is 1.